The lowest BCUT2D eigenvalue weighted by Crippen LogP contribution is -2.05. The molecule has 0 aliphatic heterocycles. The maximum atomic E-state index is 8.97. The summed E-state index contributed by atoms with van der Waals surface area (Å²) >= 11 is 0. The number of aliphatic hydroxyl groups excluding tert-OH is 1. The van der Waals surface area contributed by atoms with Gasteiger partial charge in [0.05, 0.1) is 0 Å². The van der Waals surface area contributed by atoms with Crippen molar-refractivity contribution in [3.8, 4) is 0 Å². The lowest BCUT2D eigenvalue weighted by molar-refractivity contribution is 0.299. The second-order valence-electron chi connectivity index (χ2n) is 6.31. The first-order valence-corrected chi connectivity index (χ1v) is 8.28. The fourth-order valence-electron chi connectivity index (χ4n) is 3.28. The van der Waals surface area contributed by atoms with E-state index in [0.29, 0.717) is 5.92 Å². The van der Waals surface area contributed by atoms with Gasteiger partial charge < -0.3 is 5.11 Å². The molecule has 1 heterocycles. The van der Waals surface area contributed by atoms with Crippen molar-refractivity contribution in [3.05, 3.63) is 58.7 Å². The summed E-state index contributed by atoms with van der Waals surface area (Å²) < 4.78 is 0. The molecule has 1 aromatic heterocycles. The molecule has 0 atom stereocenters. The lowest BCUT2D eigenvalue weighted by Gasteiger charge is -2.11. The highest BCUT2D eigenvalue weighted by molar-refractivity contribution is 5.27. The summed E-state index contributed by atoms with van der Waals surface area (Å²) in [6.45, 7) is 2.27. The van der Waals surface area contributed by atoms with Crippen LogP contribution in [0.15, 0.2) is 30.3 Å². The van der Waals surface area contributed by atoms with Gasteiger partial charge in [-0.05, 0) is 43.4 Å². The van der Waals surface area contributed by atoms with Crippen LogP contribution in [0.1, 0.15) is 59.9 Å². The minimum absolute atomic E-state index is 0.204. The first kappa shape index (κ1) is 15.2. The van der Waals surface area contributed by atoms with Crippen LogP contribution < -0.4 is 0 Å². The minimum Gasteiger partial charge on any atom is -0.396 e. The average molecular weight is 296 g/mol. The number of hydrogen-bond acceptors (Lipinski definition) is 3. The molecule has 1 saturated carbocycles. The van der Waals surface area contributed by atoms with Crippen LogP contribution in [-0.4, -0.2) is 21.7 Å². The van der Waals surface area contributed by atoms with E-state index in [1.165, 1.54) is 36.8 Å². The zero-order valence-electron chi connectivity index (χ0n) is 13.3. The van der Waals surface area contributed by atoms with Gasteiger partial charge >= 0.3 is 0 Å². The van der Waals surface area contributed by atoms with Crippen LogP contribution in [0.25, 0.3) is 0 Å². The van der Waals surface area contributed by atoms with Gasteiger partial charge in [0.1, 0.15) is 5.82 Å². The molecule has 3 rings (SSSR count). The van der Waals surface area contributed by atoms with Crippen molar-refractivity contribution in [1.29, 1.82) is 0 Å². The Bertz CT molecular complexity index is 616. The van der Waals surface area contributed by atoms with Gasteiger partial charge in [-0.25, -0.2) is 9.97 Å². The molecule has 0 bridgehead atoms. The molecule has 1 N–H and O–H groups in total. The van der Waals surface area contributed by atoms with E-state index in [0.717, 1.165) is 30.1 Å². The lowest BCUT2D eigenvalue weighted by atomic mass is 10.0. The second kappa shape index (κ2) is 7.01. The van der Waals surface area contributed by atoms with Crippen molar-refractivity contribution in [2.24, 2.45) is 0 Å². The third-order valence-corrected chi connectivity index (χ3v) is 4.45. The summed E-state index contributed by atoms with van der Waals surface area (Å²) in [5.74, 6) is 1.61. The summed E-state index contributed by atoms with van der Waals surface area (Å²) in [7, 11) is 0. The molecule has 3 heteroatoms. The molecule has 0 amide bonds. The quantitative estimate of drug-likeness (QED) is 0.917. The molecule has 1 aliphatic rings. The van der Waals surface area contributed by atoms with Crippen molar-refractivity contribution in [3.63, 3.8) is 0 Å². The Kier molecular flexibility index (Phi) is 4.84. The number of hydrogen-bond donors (Lipinski definition) is 1. The van der Waals surface area contributed by atoms with Gasteiger partial charge in [-0.2, -0.15) is 0 Å². The summed E-state index contributed by atoms with van der Waals surface area (Å²) in [5, 5.41) is 8.97. The van der Waals surface area contributed by atoms with Crippen LogP contribution in [0, 0.1) is 6.92 Å². The molecule has 0 radical (unpaired) electrons. The molecule has 1 aromatic carbocycles. The molecule has 1 aliphatic carbocycles. The number of rotatable bonds is 5. The predicted molar refractivity (Wildman–Crippen MR) is 88.0 cm³/mol. The van der Waals surface area contributed by atoms with Crippen LogP contribution in [0.3, 0.4) is 0 Å². The zero-order chi connectivity index (χ0) is 15.4. The van der Waals surface area contributed by atoms with E-state index in [9.17, 15) is 0 Å². The SMILES string of the molecule is Cc1cc(Cc2ccc(CCO)cc2)nc(C2CCCC2)n1. The Balaban J connectivity index is 1.76. The molecule has 0 saturated heterocycles. The van der Waals surface area contributed by atoms with Gasteiger partial charge in [0, 0.05) is 30.3 Å². The second-order valence-corrected chi connectivity index (χ2v) is 6.31. The minimum atomic E-state index is 0.204. The summed E-state index contributed by atoms with van der Waals surface area (Å²) in [6, 6.07) is 10.6. The van der Waals surface area contributed by atoms with Crippen LogP contribution in [0.4, 0.5) is 0 Å². The van der Waals surface area contributed by atoms with Crippen molar-refractivity contribution in [1.82, 2.24) is 9.97 Å². The molecule has 116 valence electrons. The Morgan fingerprint density at radius 1 is 1.05 bits per heavy atom. The number of benzene rings is 1. The van der Waals surface area contributed by atoms with Crippen molar-refractivity contribution >= 4 is 0 Å². The normalized spacial score (nSPS) is 15.4. The standard InChI is InChI=1S/C19H24N2O/c1-14-12-18(21-19(20-14)17-4-2-3-5-17)13-16-8-6-15(7-9-16)10-11-22/h6-9,12,17,22H,2-5,10-11,13H2,1H3. The average Bonchev–Trinajstić information content (AvgIpc) is 3.03. The first-order chi connectivity index (χ1) is 10.7. The molecule has 2 aromatic rings. The molecular weight excluding hydrogens is 272 g/mol. The Labute approximate surface area is 132 Å². The maximum absolute atomic E-state index is 8.97. The van der Waals surface area contributed by atoms with Crippen molar-refractivity contribution < 1.29 is 5.11 Å². The number of aryl methyl sites for hydroxylation is 1. The third-order valence-electron chi connectivity index (χ3n) is 4.45. The van der Waals surface area contributed by atoms with Gasteiger partial charge in [-0.15, -0.1) is 0 Å². The number of nitrogens with zero attached hydrogens (tertiary/aromatic N) is 2. The van der Waals surface area contributed by atoms with E-state index in [2.05, 4.69) is 42.2 Å². The Morgan fingerprint density at radius 3 is 2.41 bits per heavy atom. The fraction of sp³-hybridized carbons (Fsp3) is 0.474. The Hall–Kier alpha value is -1.74. The van der Waals surface area contributed by atoms with E-state index >= 15 is 0 Å². The van der Waals surface area contributed by atoms with E-state index in [1.54, 1.807) is 0 Å². The van der Waals surface area contributed by atoms with Crippen LogP contribution >= 0.6 is 0 Å². The fourth-order valence-corrected chi connectivity index (χ4v) is 3.28. The highest BCUT2D eigenvalue weighted by Gasteiger charge is 2.20. The van der Waals surface area contributed by atoms with Gasteiger partial charge in [0.25, 0.3) is 0 Å². The Morgan fingerprint density at radius 2 is 1.73 bits per heavy atom. The van der Waals surface area contributed by atoms with Crippen molar-refractivity contribution in [2.45, 2.75) is 51.4 Å². The van der Waals surface area contributed by atoms with E-state index in [4.69, 9.17) is 10.1 Å². The maximum Gasteiger partial charge on any atom is 0.131 e. The third kappa shape index (κ3) is 3.72. The topological polar surface area (TPSA) is 46.0 Å². The van der Waals surface area contributed by atoms with Gasteiger partial charge in [-0.3, -0.25) is 0 Å². The molecule has 0 unspecified atom stereocenters. The van der Waals surface area contributed by atoms with E-state index in [-0.39, 0.29) is 6.61 Å². The van der Waals surface area contributed by atoms with Gasteiger partial charge in [0.15, 0.2) is 0 Å². The number of aliphatic hydroxyl groups is 1. The van der Waals surface area contributed by atoms with Gasteiger partial charge in [0.2, 0.25) is 0 Å². The highest BCUT2D eigenvalue weighted by atomic mass is 16.2. The van der Waals surface area contributed by atoms with Crippen LogP contribution in [-0.2, 0) is 12.8 Å². The van der Waals surface area contributed by atoms with Gasteiger partial charge in [-0.1, -0.05) is 37.1 Å². The first-order valence-electron chi connectivity index (χ1n) is 8.28. The number of aromatic nitrogens is 2. The van der Waals surface area contributed by atoms with E-state index < -0.39 is 0 Å². The molecule has 22 heavy (non-hydrogen) atoms. The summed E-state index contributed by atoms with van der Waals surface area (Å²) in [5.41, 5.74) is 4.63. The molecule has 3 nitrogen and oxygen atoms in total. The smallest absolute Gasteiger partial charge is 0.131 e. The summed E-state index contributed by atoms with van der Waals surface area (Å²) in [6.07, 6.45) is 6.66. The largest absolute Gasteiger partial charge is 0.396 e. The highest BCUT2D eigenvalue weighted by Crippen LogP contribution is 2.32. The van der Waals surface area contributed by atoms with Crippen molar-refractivity contribution in [2.75, 3.05) is 6.61 Å². The summed E-state index contributed by atoms with van der Waals surface area (Å²) in [4.78, 5) is 9.48. The van der Waals surface area contributed by atoms with Crippen LogP contribution in [0.5, 0.6) is 0 Å². The molecular formula is C19H24N2O. The molecule has 1 fully saturated rings. The predicted octanol–water partition coefficient (Wildman–Crippen LogP) is 3.57. The molecule has 0 spiro atoms. The van der Waals surface area contributed by atoms with E-state index in [1.807, 2.05) is 0 Å². The monoisotopic (exact) mass is 296 g/mol. The zero-order valence-corrected chi connectivity index (χ0v) is 13.3. The van der Waals surface area contributed by atoms with Crippen LogP contribution in [0.2, 0.25) is 0 Å².